The van der Waals surface area contributed by atoms with Crippen LogP contribution in [0.15, 0.2) is 24.3 Å². The van der Waals surface area contributed by atoms with Gasteiger partial charge in [-0.05, 0) is 29.5 Å². The number of carbonyl (C=O) groups is 1. The molecule has 0 heterocycles. The zero-order chi connectivity index (χ0) is 12.8. The summed E-state index contributed by atoms with van der Waals surface area (Å²) >= 11 is 0. The Balaban J connectivity index is 2.47. The van der Waals surface area contributed by atoms with Gasteiger partial charge >= 0.3 is 5.97 Å². The van der Waals surface area contributed by atoms with Gasteiger partial charge in [0.05, 0.1) is 5.41 Å². The first-order valence-corrected chi connectivity index (χ1v) is 5.82. The van der Waals surface area contributed by atoms with E-state index in [-0.39, 0.29) is 5.41 Å². The lowest BCUT2D eigenvalue weighted by molar-refractivity contribution is -0.141. The van der Waals surface area contributed by atoms with E-state index in [1.165, 1.54) is 0 Å². The highest BCUT2D eigenvalue weighted by molar-refractivity contribution is 5.87. The van der Waals surface area contributed by atoms with Gasteiger partial charge in [-0.15, -0.1) is 0 Å². The van der Waals surface area contributed by atoms with Crippen LogP contribution < -0.4 is 4.90 Å². The lowest BCUT2D eigenvalue weighted by Gasteiger charge is -2.19. The van der Waals surface area contributed by atoms with Crippen LogP contribution in [0, 0.1) is 5.41 Å². The second kappa shape index (κ2) is 3.49. The van der Waals surface area contributed by atoms with Gasteiger partial charge in [-0.1, -0.05) is 26.0 Å². The van der Waals surface area contributed by atoms with Crippen molar-refractivity contribution in [1.29, 1.82) is 0 Å². The van der Waals surface area contributed by atoms with E-state index in [1.807, 2.05) is 57.1 Å². The molecule has 1 fully saturated rings. The monoisotopic (exact) mass is 233 g/mol. The zero-order valence-electron chi connectivity index (χ0n) is 10.8. The first-order valence-electron chi connectivity index (χ1n) is 5.82. The lowest BCUT2D eigenvalue weighted by Crippen LogP contribution is -2.25. The highest BCUT2D eigenvalue weighted by Crippen LogP contribution is 2.64. The fourth-order valence-electron chi connectivity index (χ4n) is 2.65. The third-order valence-corrected chi connectivity index (χ3v) is 3.96. The Hall–Kier alpha value is -1.51. The highest BCUT2D eigenvalue weighted by atomic mass is 16.4. The van der Waals surface area contributed by atoms with E-state index in [0.29, 0.717) is 6.42 Å². The molecular formula is C14H19NO2. The van der Waals surface area contributed by atoms with Gasteiger partial charge < -0.3 is 10.0 Å². The summed E-state index contributed by atoms with van der Waals surface area (Å²) in [7, 11) is 3.93. The van der Waals surface area contributed by atoms with E-state index >= 15 is 0 Å². The van der Waals surface area contributed by atoms with Gasteiger partial charge in [0, 0.05) is 19.8 Å². The van der Waals surface area contributed by atoms with Crippen LogP contribution in [0.3, 0.4) is 0 Å². The van der Waals surface area contributed by atoms with Crippen molar-refractivity contribution in [3.63, 3.8) is 0 Å². The maximum atomic E-state index is 11.6. The summed E-state index contributed by atoms with van der Waals surface area (Å²) in [5.74, 6) is -0.710. The van der Waals surface area contributed by atoms with Gasteiger partial charge in [0.15, 0.2) is 0 Å². The smallest absolute Gasteiger partial charge is 0.314 e. The minimum Gasteiger partial charge on any atom is -0.481 e. The van der Waals surface area contributed by atoms with Gasteiger partial charge in [0.2, 0.25) is 0 Å². The summed E-state index contributed by atoms with van der Waals surface area (Å²) in [6, 6.07) is 7.84. The number of rotatable bonds is 3. The van der Waals surface area contributed by atoms with E-state index in [4.69, 9.17) is 0 Å². The topological polar surface area (TPSA) is 40.5 Å². The van der Waals surface area contributed by atoms with Gasteiger partial charge in [-0.3, -0.25) is 4.79 Å². The maximum Gasteiger partial charge on any atom is 0.314 e. The summed E-state index contributed by atoms with van der Waals surface area (Å²) in [5, 5.41) is 9.51. The molecule has 17 heavy (non-hydrogen) atoms. The summed E-state index contributed by atoms with van der Waals surface area (Å²) in [6.45, 7) is 4.03. The summed E-state index contributed by atoms with van der Waals surface area (Å²) < 4.78 is 0. The lowest BCUT2D eigenvalue weighted by atomic mass is 9.88. The van der Waals surface area contributed by atoms with Crippen LogP contribution in [0.2, 0.25) is 0 Å². The number of benzene rings is 1. The van der Waals surface area contributed by atoms with Gasteiger partial charge in [-0.2, -0.15) is 0 Å². The molecule has 0 amide bonds. The Morgan fingerprint density at radius 3 is 2.35 bits per heavy atom. The predicted molar refractivity (Wildman–Crippen MR) is 68.5 cm³/mol. The molecule has 92 valence electrons. The molecular weight excluding hydrogens is 214 g/mol. The molecule has 1 aromatic carbocycles. The molecule has 0 radical (unpaired) electrons. The minimum atomic E-state index is -0.710. The zero-order valence-corrected chi connectivity index (χ0v) is 10.8. The van der Waals surface area contributed by atoms with Crippen molar-refractivity contribution in [2.45, 2.75) is 25.7 Å². The fourth-order valence-corrected chi connectivity index (χ4v) is 2.65. The standard InChI is InChI=1S/C14H19NO2/c1-13(2)9-14(13,12(16)17)10-6-5-7-11(8-10)15(3)4/h5-8H,9H2,1-4H3,(H,16,17). The average Bonchev–Trinajstić information content (AvgIpc) is 2.83. The molecule has 0 saturated heterocycles. The molecule has 1 saturated carbocycles. The molecule has 2 rings (SSSR count). The number of hydrogen-bond acceptors (Lipinski definition) is 2. The van der Waals surface area contributed by atoms with Crippen molar-refractivity contribution in [3.05, 3.63) is 29.8 Å². The molecule has 3 nitrogen and oxygen atoms in total. The molecule has 1 atom stereocenters. The van der Waals surface area contributed by atoms with E-state index in [9.17, 15) is 9.90 Å². The molecule has 1 unspecified atom stereocenters. The molecule has 1 aromatic rings. The Labute approximate surface area is 102 Å². The normalized spacial score (nSPS) is 25.4. The molecule has 0 aromatic heterocycles. The second-order valence-electron chi connectivity index (χ2n) is 5.72. The Kier molecular flexibility index (Phi) is 2.45. The molecule has 0 bridgehead atoms. The third kappa shape index (κ3) is 1.61. The van der Waals surface area contributed by atoms with Crippen molar-refractivity contribution >= 4 is 11.7 Å². The fraction of sp³-hybridized carbons (Fsp3) is 0.500. The van der Waals surface area contributed by atoms with Crippen LogP contribution in [0.1, 0.15) is 25.8 Å². The van der Waals surface area contributed by atoms with E-state index < -0.39 is 11.4 Å². The molecule has 1 N–H and O–H groups in total. The van der Waals surface area contributed by atoms with Crippen LogP contribution in [0.25, 0.3) is 0 Å². The summed E-state index contributed by atoms with van der Waals surface area (Å²) in [6.07, 6.45) is 0.714. The SMILES string of the molecule is CN(C)c1cccc(C2(C(=O)O)CC2(C)C)c1. The molecule has 0 aliphatic heterocycles. The van der Waals surface area contributed by atoms with E-state index in [2.05, 4.69) is 0 Å². The molecule has 1 aliphatic carbocycles. The quantitative estimate of drug-likeness (QED) is 0.872. The van der Waals surface area contributed by atoms with Crippen LogP contribution in [-0.4, -0.2) is 25.2 Å². The van der Waals surface area contributed by atoms with Crippen LogP contribution in [0.4, 0.5) is 5.69 Å². The summed E-state index contributed by atoms with van der Waals surface area (Å²) in [5.41, 5.74) is 1.12. The predicted octanol–water partition coefficient (Wildman–Crippen LogP) is 2.50. The largest absolute Gasteiger partial charge is 0.481 e. The maximum absolute atomic E-state index is 11.6. The third-order valence-electron chi connectivity index (χ3n) is 3.96. The number of anilines is 1. The van der Waals surface area contributed by atoms with Crippen molar-refractivity contribution in [2.75, 3.05) is 19.0 Å². The Morgan fingerprint density at radius 1 is 1.35 bits per heavy atom. The Morgan fingerprint density at radius 2 is 1.94 bits per heavy atom. The number of carboxylic acid groups (broad SMARTS) is 1. The first kappa shape index (κ1) is 12.0. The molecule has 3 heteroatoms. The van der Waals surface area contributed by atoms with Gasteiger partial charge in [-0.25, -0.2) is 0 Å². The number of carboxylic acids is 1. The summed E-state index contributed by atoms with van der Waals surface area (Å²) in [4.78, 5) is 13.6. The van der Waals surface area contributed by atoms with E-state index in [0.717, 1.165) is 11.3 Å². The van der Waals surface area contributed by atoms with Gasteiger partial charge in [0.1, 0.15) is 0 Å². The minimum absolute atomic E-state index is 0.149. The van der Waals surface area contributed by atoms with Crippen LogP contribution in [0.5, 0.6) is 0 Å². The second-order valence-corrected chi connectivity index (χ2v) is 5.72. The molecule has 1 aliphatic rings. The van der Waals surface area contributed by atoms with E-state index in [1.54, 1.807) is 0 Å². The van der Waals surface area contributed by atoms with Crippen LogP contribution >= 0.6 is 0 Å². The van der Waals surface area contributed by atoms with Crippen molar-refractivity contribution in [2.24, 2.45) is 5.41 Å². The number of aliphatic carboxylic acids is 1. The number of hydrogen-bond donors (Lipinski definition) is 1. The number of nitrogens with zero attached hydrogens (tertiary/aromatic N) is 1. The average molecular weight is 233 g/mol. The van der Waals surface area contributed by atoms with Gasteiger partial charge in [0.25, 0.3) is 0 Å². The van der Waals surface area contributed by atoms with Crippen LogP contribution in [-0.2, 0) is 10.2 Å². The van der Waals surface area contributed by atoms with Crippen molar-refractivity contribution in [3.8, 4) is 0 Å². The molecule has 0 spiro atoms. The van der Waals surface area contributed by atoms with Crippen molar-refractivity contribution in [1.82, 2.24) is 0 Å². The Bertz CT molecular complexity index is 465. The first-order chi connectivity index (χ1) is 7.81. The highest BCUT2D eigenvalue weighted by Gasteiger charge is 2.67. The van der Waals surface area contributed by atoms with Crippen molar-refractivity contribution < 1.29 is 9.90 Å².